The van der Waals surface area contributed by atoms with Crippen LogP contribution < -0.4 is 11.1 Å². The first-order valence-corrected chi connectivity index (χ1v) is 4.91. The highest BCUT2D eigenvalue weighted by molar-refractivity contribution is 5.72. The summed E-state index contributed by atoms with van der Waals surface area (Å²) in [4.78, 5) is 10.6. The zero-order valence-corrected chi connectivity index (χ0v) is 8.97. The molecule has 1 rings (SSSR count). The first-order chi connectivity index (χ1) is 7.52. The highest BCUT2D eigenvalue weighted by Crippen LogP contribution is 2.21. The van der Waals surface area contributed by atoms with Crippen molar-refractivity contribution in [2.45, 2.75) is 25.6 Å². The molecule has 0 saturated heterocycles. The lowest BCUT2D eigenvalue weighted by atomic mass is 10.0. The largest absolute Gasteiger partial charge is 0.390 e. The van der Waals surface area contributed by atoms with Crippen LogP contribution >= 0.6 is 0 Å². The lowest BCUT2D eigenvalue weighted by Gasteiger charge is -2.17. The Bertz CT molecular complexity index is 352. The summed E-state index contributed by atoms with van der Waals surface area (Å²) >= 11 is 0. The number of carbonyl (C=O) groups is 1. The Labute approximate surface area is 92.7 Å². The van der Waals surface area contributed by atoms with Crippen LogP contribution in [-0.4, -0.2) is 39.0 Å². The predicted molar refractivity (Wildman–Crippen MR) is 57.3 cm³/mol. The Hall–Kier alpha value is -1.60. The highest BCUT2D eigenvalue weighted by Gasteiger charge is 2.21. The minimum atomic E-state index is -1.10. The molecular formula is C9H16N4O3. The molecule has 2 atom stereocenters. The molecule has 0 aromatic carbocycles. The van der Waals surface area contributed by atoms with Crippen LogP contribution in [0.1, 0.15) is 25.0 Å². The summed E-state index contributed by atoms with van der Waals surface area (Å²) in [6.45, 7) is 1.68. The van der Waals surface area contributed by atoms with Gasteiger partial charge in [0.1, 0.15) is 11.9 Å². The van der Waals surface area contributed by atoms with Crippen LogP contribution in [0.15, 0.2) is 6.20 Å². The molecule has 7 nitrogen and oxygen atoms in total. The molecule has 7 heteroatoms. The van der Waals surface area contributed by atoms with E-state index in [2.05, 4.69) is 15.5 Å². The molecule has 1 heterocycles. The molecule has 2 unspecified atom stereocenters. The Kier molecular flexibility index (Phi) is 4.27. The van der Waals surface area contributed by atoms with Gasteiger partial charge in [0.2, 0.25) is 5.91 Å². The van der Waals surface area contributed by atoms with Crippen LogP contribution in [0.3, 0.4) is 0 Å². The molecule has 0 spiro atoms. The fourth-order valence-corrected chi connectivity index (χ4v) is 1.30. The fourth-order valence-electron chi connectivity index (χ4n) is 1.30. The van der Waals surface area contributed by atoms with E-state index in [0.29, 0.717) is 12.1 Å². The number of aromatic nitrogens is 2. The third-order valence-corrected chi connectivity index (χ3v) is 2.20. The number of anilines is 1. The smallest absolute Gasteiger partial charge is 0.216 e. The van der Waals surface area contributed by atoms with Crippen LogP contribution in [0.2, 0.25) is 0 Å². The maximum atomic E-state index is 10.6. The summed E-state index contributed by atoms with van der Waals surface area (Å²) in [6, 6.07) is 0. The molecule has 0 bridgehead atoms. The normalized spacial score (nSPS) is 14.4. The first-order valence-electron chi connectivity index (χ1n) is 4.91. The zero-order valence-electron chi connectivity index (χ0n) is 8.97. The minimum Gasteiger partial charge on any atom is -0.390 e. The van der Waals surface area contributed by atoms with Crippen molar-refractivity contribution in [3.63, 3.8) is 0 Å². The third kappa shape index (κ3) is 3.21. The molecule has 1 aromatic rings. The molecule has 0 aliphatic rings. The monoisotopic (exact) mass is 228 g/mol. The van der Waals surface area contributed by atoms with Gasteiger partial charge in [0.25, 0.3) is 0 Å². The number of aromatic amines is 1. The average molecular weight is 228 g/mol. The topological polar surface area (TPSA) is 124 Å². The quantitative estimate of drug-likeness (QED) is 0.438. The van der Waals surface area contributed by atoms with Gasteiger partial charge in [0, 0.05) is 19.0 Å². The molecule has 0 aliphatic carbocycles. The number of nitrogens with one attached hydrogen (secondary N) is 2. The lowest BCUT2D eigenvalue weighted by molar-refractivity contribution is -0.119. The van der Waals surface area contributed by atoms with Crippen LogP contribution in [0.25, 0.3) is 0 Å². The number of nitrogen functional groups attached to an aromatic ring is 1. The molecule has 1 aromatic heterocycles. The lowest BCUT2D eigenvalue weighted by Crippen LogP contribution is -2.27. The van der Waals surface area contributed by atoms with E-state index in [4.69, 9.17) is 5.73 Å². The van der Waals surface area contributed by atoms with Crippen LogP contribution in [0.4, 0.5) is 5.82 Å². The molecular weight excluding hydrogens is 212 g/mol. The van der Waals surface area contributed by atoms with E-state index in [0.717, 1.165) is 0 Å². The average Bonchev–Trinajstić information content (AvgIpc) is 2.62. The summed E-state index contributed by atoms with van der Waals surface area (Å²) in [7, 11) is 0. The number of aliphatic hydroxyl groups excluding tert-OH is 2. The van der Waals surface area contributed by atoms with Crippen molar-refractivity contribution in [3.8, 4) is 0 Å². The number of nitrogens with zero attached hydrogens (tertiary/aromatic N) is 1. The SMILES string of the molecule is CC(=O)NCCC(O)C(O)c1cn[nH]c1N. The number of nitrogens with two attached hydrogens (primary N) is 1. The Morgan fingerprint density at radius 3 is 2.88 bits per heavy atom. The fraction of sp³-hybridized carbons (Fsp3) is 0.556. The molecule has 0 aliphatic heterocycles. The summed E-state index contributed by atoms with van der Waals surface area (Å²) < 4.78 is 0. The predicted octanol–water partition coefficient (Wildman–Crippen LogP) is -1.09. The summed E-state index contributed by atoms with van der Waals surface area (Å²) in [5.41, 5.74) is 5.85. The van der Waals surface area contributed by atoms with Crippen LogP contribution in [0.5, 0.6) is 0 Å². The van der Waals surface area contributed by atoms with E-state index in [1.165, 1.54) is 13.1 Å². The van der Waals surface area contributed by atoms with Crippen LogP contribution in [0, 0.1) is 0 Å². The van der Waals surface area contributed by atoms with Crippen molar-refractivity contribution in [2.75, 3.05) is 12.3 Å². The second-order valence-electron chi connectivity index (χ2n) is 3.52. The van der Waals surface area contributed by atoms with E-state index in [9.17, 15) is 15.0 Å². The van der Waals surface area contributed by atoms with Crippen molar-refractivity contribution in [1.82, 2.24) is 15.5 Å². The van der Waals surface area contributed by atoms with Gasteiger partial charge in [0.05, 0.1) is 12.3 Å². The number of rotatable bonds is 5. The second-order valence-corrected chi connectivity index (χ2v) is 3.52. The van der Waals surface area contributed by atoms with Gasteiger partial charge in [0.15, 0.2) is 0 Å². The van der Waals surface area contributed by atoms with Crippen molar-refractivity contribution in [1.29, 1.82) is 0 Å². The van der Waals surface area contributed by atoms with Gasteiger partial charge in [-0.1, -0.05) is 0 Å². The summed E-state index contributed by atoms with van der Waals surface area (Å²) in [5, 5.41) is 28.0. The second kappa shape index (κ2) is 5.47. The van der Waals surface area contributed by atoms with Gasteiger partial charge in [-0.2, -0.15) is 5.10 Å². The molecule has 0 fully saturated rings. The number of H-pyrrole nitrogens is 1. The standard InChI is InChI=1S/C9H16N4O3/c1-5(14)11-3-2-7(15)8(16)6-4-12-13-9(6)10/h4,7-8,15-16H,2-3H2,1H3,(H,11,14)(H3,10,12,13). The van der Waals surface area contributed by atoms with Crippen LogP contribution in [-0.2, 0) is 4.79 Å². The minimum absolute atomic E-state index is 0.176. The molecule has 0 radical (unpaired) electrons. The molecule has 6 N–H and O–H groups in total. The summed E-state index contributed by atoms with van der Waals surface area (Å²) in [5.74, 6) is 0.0515. The van der Waals surface area contributed by atoms with E-state index < -0.39 is 12.2 Å². The van der Waals surface area contributed by atoms with E-state index in [1.54, 1.807) is 0 Å². The Morgan fingerprint density at radius 2 is 2.38 bits per heavy atom. The Balaban J connectivity index is 2.45. The van der Waals surface area contributed by atoms with Crippen molar-refractivity contribution in [2.24, 2.45) is 0 Å². The van der Waals surface area contributed by atoms with E-state index in [-0.39, 0.29) is 18.1 Å². The zero-order chi connectivity index (χ0) is 12.1. The van der Waals surface area contributed by atoms with E-state index in [1.807, 2.05) is 0 Å². The van der Waals surface area contributed by atoms with Crippen molar-refractivity contribution in [3.05, 3.63) is 11.8 Å². The number of amides is 1. The van der Waals surface area contributed by atoms with Crippen molar-refractivity contribution < 1.29 is 15.0 Å². The first kappa shape index (κ1) is 12.5. The maximum absolute atomic E-state index is 10.6. The van der Waals surface area contributed by atoms with Gasteiger partial charge in [-0.25, -0.2) is 0 Å². The third-order valence-electron chi connectivity index (χ3n) is 2.20. The summed E-state index contributed by atoms with van der Waals surface area (Å²) in [6.07, 6.45) is -0.494. The Morgan fingerprint density at radius 1 is 1.69 bits per heavy atom. The molecule has 1 amide bonds. The number of hydrogen-bond acceptors (Lipinski definition) is 5. The molecule has 90 valence electrons. The maximum Gasteiger partial charge on any atom is 0.216 e. The molecule has 16 heavy (non-hydrogen) atoms. The van der Waals surface area contributed by atoms with Gasteiger partial charge in [-0.05, 0) is 6.42 Å². The number of aliphatic hydroxyl groups is 2. The van der Waals surface area contributed by atoms with Gasteiger partial charge in [-0.15, -0.1) is 0 Å². The van der Waals surface area contributed by atoms with Gasteiger partial charge in [-0.3, -0.25) is 9.89 Å². The van der Waals surface area contributed by atoms with E-state index >= 15 is 0 Å². The van der Waals surface area contributed by atoms with Gasteiger partial charge < -0.3 is 21.3 Å². The number of hydrogen-bond donors (Lipinski definition) is 5. The number of carbonyl (C=O) groups excluding carboxylic acids is 1. The highest BCUT2D eigenvalue weighted by atomic mass is 16.3. The van der Waals surface area contributed by atoms with Crippen molar-refractivity contribution >= 4 is 11.7 Å². The van der Waals surface area contributed by atoms with Gasteiger partial charge >= 0.3 is 0 Å². The molecule has 0 saturated carbocycles.